The van der Waals surface area contributed by atoms with Gasteiger partial charge >= 0.3 is 46.2 Å². The van der Waals surface area contributed by atoms with E-state index in [0.29, 0.717) is 199 Å². The number of H-pyrrole nitrogens is 2. The van der Waals surface area contributed by atoms with Crippen LogP contribution in [0, 0.1) is 22.7 Å². The van der Waals surface area contributed by atoms with Crippen molar-refractivity contribution in [3.05, 3.63) is 142 Å². The molecule has 6 fully saturated rings. The maximum Gasteiger partial charge on any atom is 0.394 e. The summed E-state index contributed by atoms with van der Waals surface area (Å²) < 4.78 is 79.0. The number of hydrogen-bond donors (Lipinski definition) is 8. The van der Waals surface area contributed by atoms with Crippen molar-refractivity contribution < 1.29 is 114 Å². The van der Waals surface area contributed by atoms with Gasteiger partial charge in [0.2, 0.25) is 24.0 Å². The normalized spacial score (nSPS) is 35.5. The van der Waals surface area contributed by atoms with E-state index in [2.05, 4.69) is 41.7 Å². The molecule has 4 aromatic carbocycles. The first kappa shape index (κ1) is 88.8. The number of carbonyl (C=O) groups excluding carboxylic acids is 8. The summed E-state index contributed by atoms with van der Waals surface area (Å²) >= 11 is 0. The van der Waals surface area contributed by atoms with Crippen LogP contribution in [-0.4, -0.2) is 283 Å². The zero-order valence-corrected chi connectivity index (χ0v) is 73.5. The molecular formula is C92H114N8O24S. The molecular weight excluding hydrogens is 1630 g/mol. The minimum absolute atomic E-state index is 0.155. The number of fused-ring (bicyclic) bond motifs is 12. The Balaban J connectivity index is 0.000000175. The Kier molecular flexibility index (Phi) is 22.7. The first-order valence-corrected chi connectivity index (χ1v) is 44.6. The second-order valence-electron chi connectivity index (χ2n) is 36.7. The molecule has 20 atom stereocenters. The Morgan fingerprint density at radius 2 is 0.864 bits per heavy atom. The number of para-hydroxylation sites is 2. The molecule has 4 bridgehead atoms. The molecule has 33 heteroatoms. The molecule has 2 aliphatic carbocycles. The first-order chi connectivity index (χ1) is 59.5. The summed E-state index contributed by atoms with van der Waals surface area (Å²) in [7, 11) is 3.51. The number of benzene rings is 4. The summed E-state index contributed by atoms with van der Waals surface area (Å²) in [6.07, 6.45) is 11.7. The number of ether oxygens (including phenoxy) is 8. The lowest BCUT2D eigenvalue weighted by molar-refractivity contribution is -0.229. The van der Waals surface area contributed by atoms with E-state index in [0.717, 1.165) is 32.9 Å². The van der Waals surface area contributed by atoms with Crippen LogP contribution in [0.25, 0.3) is 21.8 Å². The summed E-state index contributed by atoms with van der Waals surface area (Å²) in [5, 5.41) is 52.5. The van der Waals surface area contributed by atoms with Crippen LogP contribution in [0.15, 0.2) is 97.1 Å². The molecule has 125 heavy (non-hydrogen) atoms. The maximum atomic E-state index is 15.3. The van der Waals surface area contributed by atoms with Crippen molar-refractivity contribution >= 4 is 92.2 Å². The number of carbonyl (C=O) groups is 8. The number of aromatic amines is 2. The third kappa shape index (κ3) is 12.9. The van der Waals surface area contributed by atoms with Gasteiger partial charge in [-0.05, 0) is 148 Å². The Morgan fingerprint density at radius 1 is 0.496 bits per heavy atom. The molecule has 10 aliphatic heterocycles. The zero-order valence-electron chi connectivity index (χ0n) is 72.7. The average Bonchev–Trinajstić information content (AvgIpc) is 1.49. The van der Waals surface area contributed by atoms with Crippen molar-refractivity contribution in [2.75, 3.05) is 118 Å². The molecule has 0 radical (unpaired) electrons. The summed E-state index contributed by atoms with van der Waals surface area (Å²) in [6.45, 7) is 16.3. The number of rotatable bonds is 16. The second-order valence-corrected chi connectivity index (χ2v) is 37.6. The monoisotopic (exact) mass is 1750 g/mol. The molecule has 672 valence electrons. The summed E-state index contributed by atoms with van der Waals surface area (Å²) in [6, 6.07) is 19.9. The fourth-order valence-corrected chi connectivity index (χ4v) is 26.7. The van der Waals surface area contributed by atoms with Crippen LogP contribution < -0.4 is 19.3 Å². The van der Waals surface area contributed by atoms with Gasteiger partial charge in [0.1, 0.15) is 22.3 Å². The molecule has 18 rings (SSSR count). The second kappa shape index (κ2) is 32.0. The first-order valence-electron chi connectivity index (χ1n) is 43.2. The van der Waals surface area contributed by atoms with E-state index in [-0.39, 0.29) is 24.7 Å². The third-order valence-electron chi connectivity index (χ3n) is 31.0. The van der Waals surface area contributed by atoms with Crippen LogP contribution in [-0.2, 0) is 112 Å². The quantitative estimate of drug-likeness (QED) is 0.0171. The number of nitrogens with zero attached hydrogens (tertiary/aromatic N) is 6. The van der Waals surface area contributed by atoms with Crippen molar-refractivity contribution in [1.29, 1.82) is 0 Å². The highest BCUT2D eigenvalue weighted by molar-refractivity contribution is 7.79. The van der Waals surface area contributed by atoms with Gasteiger partial charge in [-0.1, -0.05) is 88.4 Å². The summed E-state index contributed by atoms with van der Waals surface area (Å²) in [5.74, 6) is -4.13. The standard InChI is InChI=1S/2C46H56N4O10.H2O4S/c2*1-7-42(55)22-28-23-45(40(53)58-5,36-30(14-18-48(24-28)25-42)29-12-9-10-13-33(29)47-36)32-20-31-34(21-35(32)57-4)50(26-51)38-44(31)16-19-49-17-11-15-43(8-2,37(44)49)39(60-27(3)52)46(38,56)41(54)59-6;1-5(2,3)4/h2*9-13,15,20-21,26,28,37-39,47,55-56H,7-8,14,16-19,22-25H2,1-6H3;(H2,1,2,3,4)/t2*28-,37+,38-,39-,42+,43-,44-,45+,46+;/m11./s1. The molecule has 0 unspecified atom stereocenters. The number of esters is 6. The number of methoxy groups -OCH3 is 6. The highest BCUT2D eigenvalue weighted by Gasteiger charge is 2.83. The van der Waals surface area contributed by atoms with Crippen molar-refractivity contribution in [1.82, 2.24) is 29.6 Å². The largest absolute Gasteiger partial charge is 0.496 e. The van der Waals surface area contributed by atoms with E-state index in [9.17, 15) is 49.2 Å². The topological polar surface area (TPSA) is 417 Å². The van der Waals surface area contributed by atoms with Crippen LogP contribution in [0.1, 0.15) is 151 Å². The van der Waals surface area contributed by atoms with E-state index in [1.54, 1.807) is 12.1 Å². The number of anilines is 2. The third-order valence-corrected chi connectivity index (χ3v) is 31.0. The van der Waals surface area contributed by atoms with Gasteiger partial charge in [0, 0.05) is 156 Å². The molecule has 2 amide bonds. The lowest BCUT2D eigenvalue weighted by atomic mass is 9.47. The molecule has 4 saturated heterocycles. The van der Waals surface area contributed by atoms with Crippen molar-refractivity contribution in [2.24, 2.45) is 22.7 Å². The smallest absolute Gasteiger partial charge is 0.394 e. The average molecular weight is 1750 g/mol. The van der Waals surface area contributed by atoms with E-state index in [4.69, 9.17) is 55.4 Å². The number of hydrogen-bond acceptors (Lipinski definition) is 26. The molecule has 32 nitrogen and oxygen atoms in total. The highest BCUT2D eigenvalue weighted by atomic mass is 32.3. The fraction of sp³-hybridized carbons (Fsp3) is 0.565. The van der Waals surface area contributed by atoms with Gasteiger partial charge in [-0.15, -0.1) is 0 Å². The molecule has 2 saturated carbocycles. The minimum Gasteiger partial charge on any atom is -0.496 e. The number of piperidine rings is 2. The molecule has 12 heterocycles. The minimum atomic E-state index is -4.67. The van der Waals surface area contributed by atoms with E-state index < -0.39 is 137 Å². The van der Waals surface area contributed by atoms with Crippen LogP contribution in [0.5, 0.6) is 11.5 Å². The molecule has 6 aromatic rings. The highest BCUT2D eigenvalue weighted by Crippen LogP contribution is 2.71. The van der Waals surface area contributed by atoms with Crippen LogP contribution in [0.3, 0.4) is 0 Å². The summed E-state index contributed by atoms with van der Waals surface area (Å²) in [5.41, 5.74) is -6.30. The Bertz CT molecular complexity index is 5220. The van der Waals surface area contributed by atoms with Crippen LogP contribution in [0.2, 0.25) is 0 Å². The van der Waals surface area contributed by atoms with Crippen LogP contribution >= 0.6 is 0 Å². The predicted octanol–water partition coefficient (Wildman–Crippen LogP) is 6.38. The SMILES string of the molecule is CC[C@]1(O)C[C@H]2C[N@](CCc3c([nH]c4ccccc34)[C@@](C(=O)OC)(c3cc4c(cc3OC)N(C=O)[C@H]3[C@@](O)(C(=O)OC)[C@H](OC(C)=O)[C@]5(CC)C=CCN6CC[C@]43[C@@H]65)C2)C1.CC[C@]1(O)C[C@H]2C[N@](CCc3c([nH]c4ccccc34)[C@@](C(=O)OC)(c3cc4c(cc3OC)N(C=O)[C@H]3[C@@](O)(C(=O)OC)[C@H](OC(C)=O)[C@]5(CC)C=CCN6CC[C@]43[C@@H]65)C2)C1.O=S(=O)(O)O. The van der Waals surface area contributed by atoms with E-state index >= 15 is 9.59 Å². The van der Waals surface area contributed by atoms with Gasteiger partial charge in [0.25, 0.3) is 0 Å². The lowest BCUT2D eigenvalue weighted by Gasteiger charge is -2.63. The van der Waals surface area contributed by atoms with Crippen molar-refractivity contribution in [2.45, 2.75) is 199 Å². The molecule has 2 spiro atoms. The molecule has 12 aliphatic rings. The molecule has 2 aromatic heterocycles. The van der Waals surface area contributed by atoms with Gasteiger partial charge < -0.3 is 78.1 Å². The van der Waals surface area contributed by atoms with Crippen LogP contribution in [0.4, 0.5) is 11.4 Å². The number of nitrogens with one attached hydrogen (secondary N) is 2. The Morgan fingerprint density at radius 3 is 1.19 bits per heavy atom. The Hall–Kier alpha value is -9.65. The van der Waals surface area contributed by atoms with E-state index in [1.807, 2.05) is 101 Å². The predicted molar refractivity (Wildman–Crippen MR) is 455 cm³/mol. The van der Waals surface area contributed by atoms with Gasteiger partial charge in [-0.2, -0.15) is 8.42 Å². The fourth-order valence-electron chi connectivity index (χ4n) is 26.7. The number of aliphatic hydroxyl groups is 4. The number of amides is 2. The zero-order chi connectivity index (χ0) is 89.6. The van der Waals surface area contributed by atoms with Gasteiger partial charge in [-0.3, -0.25) is 57.5 Å². The number of aromatic nitrogens is 2. The van der Waals surface area contributed by atoms with Gasteiger partial charge in [0.05, 0.1) is 77.3 Å². The van der Waals surface area contributed by atoms with E-state index in [1.165, 1.54) is 66.3 Å². The lowest BCUT2D eigenvalue weighted by Crippen LogP contribution is -2.81. The maximum absolute atomic E-state index is 15.3. The van der Waals surface area contributed by atoms with Gasteiger partial charge in [-0.25, -0.2) is 9.59 Å². The Labute approximate surface area is 725 Å². The molecule has 8 N–H and O–H groups in total. The van der Waals surface area contributed by atoms with Gasteiger partial charge in [0.15, 0.2) is 12.2 Å². The van der Waals surface area contributed by atoms with Crippen molar-refractivity contribution in [3.63, 3.8) is 0 Å². The summed E-state index contributed by atoms with van der Waals surface area (Å²) in [4.78, 5) is 132. The van der Waals surface area contributed by atoms with Crippen molar-refractivity contribution in [3.8, 4) is 11.5 Å².